The lowest BCUT2D eigenvalue weighted by Gasteiger charge is -2.22. The van der Waals surface area contributed by atoms with E-state index >= 15 is 0 Å². The number of nitro groups is 2. The Labute approximate surface area is 364 Å². The maximum atomic E-state index is 13.4. The zero-order chi connectivity index (χ0) is 43.3. The molecule has 60 heavy (non-hydrogen) atoms. The second kappa shape index (κ2) is 36.2. The first-order valence-corrected chi connectivity index (χ1v) is 24.7. The highest BCUT2D eigenvalue weighted by molar-refractivity contribution is 5.61. The first kappa shape index (κ1) is 52.6. The van der Waals surface area contributed by atoms with Crippen LogP contribution in [0.2, 0.25) is 0 Å². The van der Waals surface area contributed by atoms with Crippen LogP contribution in [0.4, 0.5) is 16.2 Å². The molecular formula is C51H84N2O7. The highest BCUT2D eigenvalue weighted by Gasteiger charge is 2.23. The fourth-order valence-corrected chi connectivity index (χ4v) is 8.22. The van der Waals surface area contributed by atoms with Crippen LogP contribution in [0, 0.1) is 20.2 Å². The molecule has 2 rings (SSSR count). The number of nitrogens with zero attached hydrogens (tertiary/aromatic N) is 2. The molecule has 0 aliphatic rings. The Bertz CT molecular complexity index is 1250. The van der Waals surface area contributed by atoms with E-state index in [9.17, 15) is 25.0 Å². The number of carbonyl (C=O) groups is 1. The molecule has 0 bridgehead atoms. The molecule has 340 valence electrons. The fourth-order valence-electron chi connectivity index (χ4n) is 8.22. The van der Waals surface area contributed by atoms with Gasteiger partial charge in [0.1, 0.15) is 12.2 Å². The van der Waals surface area contributed by atoms with Gasteiger partial charge in [-0.15, -0.1) is 0 Å². The Morgan fingerprint density at radius 1 is 0.400 bits per heavy atom. The van der Waals surface area contributed by atoms with Crippen LogP contribution in [0.25, 0.3) is 0 Å². The summed E-state index contributed by atoms with van der Waals surface area (Å²) in [5.74, 6) is 0. The molecule has 0 heterocycles. The van der Waals surface area contributed by atoms with Gasteiger partial charge in [0.15, 0.2) is 0 Å². The molecule has 2 aromatic carbocycles. The lowest BCUT2D eigenvalue weighted by molar-refractivity contribution is -0.385. The number of benzene rings is 2. The SMILES string of the molecule is CCCCCCCCCCCCCCCCCCC(OC(=O)OC(CCCCCCCCCCCCCCCCCC)c1ccc([N+](=O)[O-])cc1)c1ccc([N+](=O)[O-])cc1. The van der Waals surface area contributed by atoms with Crippen LogP contribution in [0.15, 0.2) is 48.5 Å². The van der Waals surface area contributed by atoms with Gasteiger partial charge in [-0.3, -0.25) is 20.2 Å². The Morgan fingerprint density at radius 3 is 0.833 bits per heavy atom. The molecule has 9 nitrogen and oxygen atoms in total. The van der Waals surface area contributed by atoms with Crippen molar-refractivity contribution in [3.05, 3.63) is 79.9 Å². The lowest BCUT2D eigenvalue weighted by atomic mass is 10.0. The summed E-state index contributed by atoms with van der Waals surface area (Å²) < 4.78 is 11.9. The molecule has 0 aliphatic heterocycles. The predicted octanol–water partition coefficient (Wildman–Crippen LogP) is 17.7. The van der Waals surface area contributed by atoms with E-state index in [2.05, 4.69) is 13.8 Å². The van der Waals surface area contributed by atoms with Crippen LogP contribution in [-0.2, 0) is 9.47 Å². The van der Waals surface area contributed by atoms with Gasteiger partial charge in [0.25, 0.3) is 11.4 Å². The first-order valence-electron chi connectivity index (χ1n) is 24.7. The van der Waals surface area contributed by atoms with Crippen LogP contribution < -0.4 is 0 Å². The summed E-state index contributed by atoms with van der Waals surface area (Å²) in [5, 5.41) is 22.7. The molecule has 9 heteroatoms. The van der Waals surface area contributed by atoms with Crippen LogP contribution >= 0.6 is 0 Å². The number of non-ortho nitro benzene ring substituents is 2. The van der Waals surface area contributed by atoms with Gasteiger partial charge in [-0.25, -0.2) is 4.79 Å². The van der Waals surface area contributed by atoms with Crippen molar-refractivity contribution < 1.29 is 24.1 Å². The number of unbranched alkanes of at least 4 members (excludes halogenated alkanes) is 30. The minimum absolute atomic E-state index is 0.0143. The Hall–Kier alpha value is -3.49. The number of carbonyl (C=O) groups excluding carboxylic acids is 1. The van der Waals surface area contributed by atoms with Gasteiger partial charge in [-0.1, -0.05) is 206 Å². The number of nitro benzene ring substituents is 2. The average molecular weight is 837 g/mol. The van der Waals surface area contributed by atoms with E-state index in [0.29, 0.717) is 24.0 Å². The van der Waals surface area contributed by atoms with Crippen molar-refractivity contribution in [1.82, 2.24) is 0 Å². The zero-order valence-electron chi connectivity index (χ0n) is 38.1. The Kier molecular flexibility index (Phi) is 31.8. The van der Waals surface area contributed by atoms with Gasteiger partial charge in [-0.05, 0) is 61.1 Å². The summed E-state index contributed by atoms with van der Waals surface area (Å²) in [4.78, 5) is 35.2. The maximum Gasteiger partial charge on any atom is 0.509 e. The smallest absolute Gasteiger partial charge is 0.426 e. The summed E-state index contributed by atoms with van der Waals surface area (Å²) in [6.45, 7) is 4.53. The molecule has 0 aromatic heterocycles. The molecule has 2 atom stereocenters. The third-order valence-electron chi connectivity index (χ3n) is 12.1. The van der Waals surface area contributed by atoms with Crippen LogP contribution in [-0.4, -0.2) is 16.0 Å². The standard InChI is InChI=1S/C51H84N2O7/c1-3-5-7-9-11-13-15-17-19-21-23-25-27-29-31-33-35-49(45-37-41-47(42-38-45)52(55)56)59-51(54)60-50(46-39-43-48(44-40-46)53(57)58)36-34-32-30-28-26-24-22-20-18-16-14-12-10-8-6-4-2/h37-44,49-50H,3-36H2,1-2H3. The second-order valence-corrected chi connectivity index (χ2v) is 17.3. The molecule has 0 saturated heterocycles. The lowest BCUT2D eigenvalue weighted by Crippen LogP contribution is -2.17. The number of ether oxygens (including phenoxy) is 2. The average Bonchev–Trinajstić information content (AvgIpc) is 3.25. The van der Waals surface area contributed by atoms with Gasteiger partial charge < -0.3 is 9.47 Å². The number of hydrogen-bond acceptors (Lipinski definition) is 7. The van der Waals surface area contributed by atoms with E-state index in [4.69, 9.17) is 9.47 Å². The fraction of sp³-hybridized carbons (Fsp3) is 0.745. The predicted molar refractivity (Wildman–Crippen MR) is 248 cm³/mol. The third kappa shape index (κ3) is 26.7. The van der Waals surface area contributed by atoms with Crippen LogP contribution in [0.1, 0.15) is 255 Å². The molecular weight excluding hydrogens is 753 g/mol. The molecule has 0 radical (unpaired) electrons. The van der Waals surface area contributed by atoms with Crippen LogP contribution in [0.3, 0.4) is 0 Å². The van der Waals surface area contributed by atoms with E-state index in [1.54, 1.807) is 24.3 Å². The minimum Gasteiger partial charge on any atom is -0.426 e. The monoisotopic (exact) mass is 837 g/mol. The summed E-state index contributed by atoms with van der Waals surface area (Å²) in [5.41, 5.74) is 1.37. The van der Waals surface area contributed by atoms with Crippen molar-refractivity contribution in [2.24, 2.45) is 0 Å². The summed E-state index contributed by atoms with van der Waals surface area (Å²) in [6, 6.07) is 12.4. The van der Waals surface area contributed by atoms with E-state index in [1.807, 2.05) is 0 Å². The van der Waals surface area contributed by atoms with E-state index < -0.39 is 28.2 Å². The van der Waals surface area contributed by atoms with Crippen molar-refractivity contribution in [2.75, 3.05) is 0 Å². The van der Waals surface area contributed by atoms with Crippen molar-refractivity contribution in [3.63, 3.8) is 0 Å². The van der Waals surface area contributed by atoms with Crippen molar-refractivity contribution in [2.45, 2.75) is 244 Å². The molecule has 0 aliphatic carbocycles. The Morgan fingerprint density at radius 2 is 0.617 bits per heavy atom. The first-order chi connectivity index (χ1) is 29.3. The minimum atomic E-state index is -0.797. The molecule has 0 saturated carbocycles. The topological polar surface area (TPSA) is 122 Å². The van der Waals surface area contributed by atoms with Crippen molar-refractivity contribution in [3.8, 4) is 0 Å². The van der Waals surface area contributed by atoms with E-state index in [0.717, 1.165) is 38.5 Å². The molecule has 2 aromatic rings. The number of hydrogen-bond donors (Lipinski definition) is 0. The quantitative estimate of drug-likeness (QED) is 0.0283. The molecule has 0 N–H and O–H groups in total. The normalized spacial score (nSPS) is 12.3. The third-order valence-corrected chi connectivity index (χ3v) is 12.1. The highest BCUT2D eigenvalue weighted by Crippen LogP contribution is 2.31. The molecule has 2 unspecified atom stereocenters. The van der Waals surface area contributed by atoms with Crippen molar-refractivity contribution in [1.29, 1.82) is 0 Å². The van der Waals surface area contributed by atoms with Gasteiger partial charge >= 0.3 is 6.16 Å². The van der Waals surface area contributed by atoms with Gasteiger partial charge in [0, 0.05) is 24.3 Å². The highest BCUT2D eigenvalue weighted by atomic mass is 16.7. The summed E-state index contributed by atoms with van der Waals surface area (Å²) in [6.07, 6.45) is 39.8. The second-order valence-electron chi connectivity index (χ2n) is 17.3. The molecule has 0 fully saturated rings. The van der Waals surface area contributed by atoms with E-state index in [-0.39, 0.29) is 11.4 Å². The summed E-state index contributed by atoms with van der Waals surface area (Å²) in [7, 11) is 0. The zero-order valence-corrected chi connectivity index (χ0v) is 38.1. The van der Waals surface area contributed by atoms with Gasteiger partial charge in [-0.2, -0.15) is 0 Å². The summed E-state index contributed by atoms with van der Waals surface area (Å²) >= 11 is 0. The van der Waals surface area contributed by atoms with Crippen LogP contribution in [0.5, 0.6) is 0 Å². The maximum absolute atomic E-state index is 13.4. The van der Waals surface area contributed by atoms with E-state index in [1.165, 1.54) is 191 Å². The van der Waals surface area contributed by atoms with Gasteiger partial charge in [0.05, 0.1) is 9.85 Å². The Balaban J connectivity index is 1.80. The molecule has 0 amide bonds. The van der Waals surface area contributed by atoms with Crippen molar-refractivity contribution >= 4 is 17.5 Å². The van der Waals surface area contributed by atoms with Gasteiger partial charge in [0.2, 0.25) is 0 Å². The molecule has 0 spiro atoms. The number of rotatable bonds is 40. The largest absolute Gasteiger partial charge is 0.509 e.